The topological polar surface area (TPSA) is 82.2 Å². The van der Waals surface area contributed by atoms with Crippen molar-refractivity contribution in [2.24, 2.45) is 5.73 Å². The summed E-state index contributed by atoms with van der Waals surface area (Å²) in [6.07, 6.45) is 3.06. The van der Waals surface area contributed by atoms with Gasteiger partial charge in [-0.2, -0.15) is 0 Å². The van der Waals surface area contributed by atoms with Crippen molar-refractivity contribution < 1.29 is 4.79 Å². The molecule has 0 aliphatic heterocycles. The van der Waals surface area contributed by atoms with Crippen molar-refractivity contribution in [3.63, 3.8) is 0 Å². The Kier molecular flexibility index (Phi) is 3.95. The molecule has 0 spiro atoms. The highest BCUT2D eigenvalue weighted by Crippen LogP contribution is 2.29. The third-order valence-electron chi connectivity index (χ3n) is 3.29. The molecule has 0 saturated heterocycles. The molecular formula is C13H17ClN4O. The van der Waals surface area contributed by atoms with Gasteiger partial charge in [-0.1, -0.05) is 23.7 Å². The summed E-state index contributed by atoms with van der Waals surface area (Å²) in [5.41, 5.74) is 6.80. The van der Waals surface area contributed by atoms with Crippen molar-refractivity contribution in [1.29, 1.82) is 5.41 Å². The van der Waals surface area contributed by atoms with Crippen molar-refractivity contribution in [1.82, 2.24) is 5.32 Å². The Hall–Kier alpha value is -1.75. The van der Waals surface area contributed by atoms with E-state index in [1.54, 1.807) is 12.1 Å². The first-order valence-electron chi connectivity index (χ1n) is 6.20. The molecule has 0 bridgehead atoms. The number of anilines is 1. The summed E-state index contributed by atoms with van der Waals surface area (Å²) < 4.78 is 0. The molecule has 5 nitrogen and oxygen atoms in total. The lowest BCUT2D eigenvalue weighted by molar-refractivity contribution is 0.236. The third kappa shape index (κ3) is 2.81. The monoisotopic (exact) mass is 280 g/mol. The van der Waals surface area contributed by atoms with Gasteiger partial charge in [0, 0.05) is 6.04 Å². The summed E-state index contributed by atoms with van der Waals surface area (Å²) in [5, 5.41) is 10.9. The minimum atomic E-state index is -0.395. The number of amides is 2. The second-order valence-corrected chi connectivity index (χ2v) is 5.11. The van der Waals surface area contributed by atoms with E-state index in [-0.39, 0.29) is 12.0 Å². The smallest absolute Gasteiger partial charge is 0.329 e. The second kappa shape index (κ2) is 5.48. The summed E-state index contributed by atoms with van der Waals surface area (Å²) in [6, 6.07) is 5.08. The molecule has 0 radical (unpaired) electrons. The molecule has 0 heterocycles. The highest BCUT2D eigenvalue weighted by molar-refractivity contribution is 6.35. The van der Waals surface area contributed by atoms with Crippen LogP contribution in [-0.2, 0) is 0 Å². The molecule has 1 aliphatic carbocycles. The number of carbonyl (C=O) groups is 1. The number of hydrogen-bond donors (Lipinski definition) is 3. The first-order chi connectivity index (χ1) is 9.00. The van der Waals surface area contributed by atoms with Gasteiger partial charge in [-0.05, 0) is 37.8 Å². The molecule has 4 N–H and O–H groups in total. The number of nitrogens with zero attached hydrogens (tertiary/aromatic N) is 1. The van der Waals surface area contributed by atoms with Crippen LogP contribution >= 0.6 is 11.6 Å². The van der Waals surface area contributed by atoms with E-state index in [0.717, 1.165) is 29.7 Å². The average Bonchev–Trinajstić information content (AvgIpc) is 2.28. The first-order valence-corrected chi connectivity index (χ1v) is 6.58. The predicted molar refractivity (Wildman–Crippen MR) is 76.8 cm³/mol. The van der Waals surface area contributed by atoms with E-state index < -0.39 is 6.03 Å². The van der Waals surface area contributed by atoms with E-state index in [1.165, 1.54) is 0 Å². The van der Waals surface area contributed by atoms with Gasteiger partial charge in [0.1, 0.15) is 0 Å². The zero-order valence-corrected chi connectivity index (χ0v) is 11.5. The Morgan fingerprint density at radius 2 is 2.21 bits per heavy atom. The number of urea groups is 1. The van der Waals surface area contributed by atoms with Crippen LogP contribution in [-0.4, -0.2) is 18.0 Å². The molecule has 1 aromatic rings. The third-order valence-corrected chi connectivity index (χ3v) is 3.59. The van der Waals surface area contributed by atoms with Crippen molar-refractivity contribution in [2.75, 3.05) is 4.90 Å². The molecule has 0 atom stereocenters. The van der Waals surface area contributed by atoms with Gasteiger partial charge >= 0.3 is 6.03 Å². The SMILES string of the molecule is Cc1cccc(Cl)c1N(C(=N)N)C(=O)NC1CCC1. The summed E-state index contributed by atoms with van der Waals surface area (Å²) >= 11 is 6.12. The van der Waals surface area contributed by atoms with E-state index in [0.29, 0.717) is 10.7 Å². The first kappa shape index (κ1) is 13.7. The van der Waals surface area contributed by atoms with Crippen molar-refractivity contribution >= 4 is 29.3 Å². The molecule has 0 aromatic heterocycles. The second-order valence-electron chi connectivity index (χ2n) is 4.70. The Bertz CT molecular complexity index is 493. The lowest BCUT2D eigenvalue weighted by atomic mass is 9.93. The van der Waals surface area contributed by atoms with Crippen LogP contribution in [0.15, 0.2) is 18.2 Å². The van der Waals surface area contributed by atoms with Crippen LogP contribution in [0.2, 0.25) is 5.02 Å². The van der Waals surface area contributed by atoms with E-state index in [4.69, 9.17) is 22.7 Å². The number of guanidine groups is 1. The molecule has 2 amide bonds. The highest BCUT2D eigenvalue weighted by Gasteiger charge is 2.27. The predicted octanol–water partition coefficient (Wildman–Crippen LogP) is 2.61. The molecule has 2 rings (SSSR count). The Labute approximate surface area is 117 Å². The minimum absolute atomic E-state index is 0.178. The molecular weight excluding hydrogens is 264 g/mol. The van der Waals surface area contributed by atoms with Crippen molar-refractivity contribution in [3.05, 3.63) is 28.8 Å². The highest BCUT2D eigenvalue weighted by atomic mass is 35.5. The quantitative estimate of drug-likeness (QED) is 0.575. The van der Waals surface area contributed by atoms with Gasteiger partial charge < -0.3 is 11.1 Å². The summed E-state index contributed by atoms with van der Waals surface area (Å²) in [6.45, 7) is 1.83. The van der Waals surface area contributed by atoms with Crippen molar-refractivity contribution in [2.45, 2.75) is 32.2 Å². The fourth-order valence-corrected chi connectivity index (χ4v) is 2.34. The van der Waals surface area contributed by atoms with Crippen LogP contribution in [0, 0.1) is 12.3 Å². The summed E-state index contributed by atoms with van der Waals surface area (Å²) in [5.74, 6) is -0.340. The van der Waals surface area contributed by atoms with Crippen LogP contribution < -0.4 is 16.0 Å². The van der Waals surface area contributed by atoms with Gasteiger partial charge in [0.05, 0.1) is 10.7 Å². The number of nitrogens with two attached hydrogens (primary N) is 1. The van der Waals surface area contributed by atoms with Crippen LogP contribution in [0.25, 0.3) is 0 Å². The number of benzene rings is 1. The maximum atomic E-state index is 12.2. The number of nitrogens with one attached hydrogen (secondary N) is 2. The molecule has 1 fully saturated rings. The Morgan fingerprint density at radius 1 is 1.53 bits per heavy atom. The summed E-state index contributed by atoms with van der Waals surface area (Å²) in [7, 11) is 0. The van der Waals surface area contributed by atoms with Gasteiger partial charge in [0.15, 0.2) is 0 Å². The number of rotatable bonds is 2. The van der Waals surface area contributed by atoms with Gasteiger partial charge in [0.25, 0.3) is 0 Å². The number of halogens is 1. The average molecular weight is 281 g/mol. The molecule has 102 valence electrons. The number of carbonyl (C=O) groups excluding carboxylic acids is 1. The van der Waals surface area contributed by atoms with E-state index in [9.17, 15) is 4.79 Å². The molecule has 1 aromatic carbocycles. The van der Waals surface area contributed by atoms with Gasteiger partial charge in [0.2, 0.25) is 5.96 Å². The number of hydrogen-bond acceptors (Lipinski definition) is 2. The van der Waals surface area contributed by atoms with Crippen molar-refractivity contribution in [3.8, 4) is 0 Å². The zero-order valence-electron chi connectivity index (χ0n) is 10.7. The maximum Gasteiger partial charge on any atom is 0.329 e. The Balaban J connectivity index is 2.28. The molecule has 1 saturated carbocycles. The normalized spacial score (nSPS) is 14.6. The van der Waals surface area contributed by atoms with Gasteiger partial charge in [-0.3, -0.25) is 5.41 Å². The fourth-order valence-electron chi connectivity index (χ4n) is 2.03. The number of aryl methyl sites for hydroxylation is 1. The van der Waals surface area contributed by atoms with E-state index in [2.05, 4.69) is 5.32 Å². The van der Waals surface area contributed by atoms with Crippen LogP contribution in [0.1, 0.15) is 24.8 Å². The minimum Gasteiger partial charge on any atom is -0.369 e. The maximum absolute atomic E-state index is 12.2. The molecule has 1 aliphatic rings. The lowest BCUT2D eigenvalue weighted by Crippen LogP contribution is -2.52. The van der Waals surface area contributed by atoms with Gasteiger partial charge in [-0.15, -0.1) is 0 Å². The largest absolute Gasteiger partial charge is 0.369 e. The van der Waals surface area contributed by atoms with Gasteiger partial charge in [-0.25, -0.2) is 9.69 Å². The molecule has 0 unspecified atom stereocenters. The molecule has 6 heteroatoms. The van der Waals surface area contributed by atoms with Crippen LogP contribution in [0.4, 0.5) is 10.5 Å². The Morgan fingerprint density at radius 3 is 2.68 bits per heavy atom. The fraction of sp³-hybridized carbons (Fsp3) is 0.385. The zero-order chi connectivity index (χ0) is 14.0. The molecule has 19 heavy (non-hydrogen) atoms. The summed E-state index contributed by atoms with van der Waals surface area (Å²) in [4.78, 5) is 13.3. The van der Waals surface area contributed by atoms with E-state index >= 15 is 0 Å². The number of para-hydroxylation sites is 1. The lowest BCUT2D eigenvalue weighted by Gasteiger charge is -2.30. The standard InChI is InChI=1S/C13H17ClN4O/c1-8-4-2-7-10(14)11(8)18(12(15)16)13(19)17-9-5-3-6-9/h2,4,7,9H,3,5-6H2,1H3,(H3,15,16)(H,17,19). The van der Waals surface area contributed by atoms with Crippen LogP contribution in [0.3, 0.4) is 0 Å². The van der Waals surface area contributed by atoms with E-state index in [1.807, 2.05) is 13.0 Å². The van der Waals surface area contributed by atoms with Crippen LogP contribution in [0.5, 0.6) is 0 Å².